The van der Waals surface area contributed by atoms with Gasteiger partial charge in [0.1, 0.15) is 0 Å². The molecule has 0 aromatic rings. The lowest BCUT2D eigenvalue weighted by Gasteiger charge is -2.44. The smallest absolute Gasteiger partial charge is 0.191 e. The zero-order chi connectivity index (χ0) is 18.3. The number of aliphatic imine (C=N–C) groups is 1. The van der Waals surface area contributed by atoms with Gasteiger partial charge in [0, 0.05) is 39.6 Å². The Morgan fingerprint density at radius 1 is 1.32 bits per heavy atom. The first kappa shape index (κ1) is 21.0. The van der Waals surface area contributed by atoms with E-state index >= 15 is 0 Å². The molecule has 0 amide bonds. The molecule has 0 aliphatic heterocycles. The highest BCUT2D eigenvalue weighted by Gasteiger charge is 2.45. The summed E-state index contributed by atoms with van der Waals surface area (Å²) < 4.78 is 12.1. The second kappa shape index (κ2) is 10.2. The Morgan fingerprint density at radius 3 is 2.72 bits per heavy atom. The summed E-state index contributed by atoms with van der Waals surface area (Å²) in [6, 6.07) is 0.323. The third-order valence-electron chi connectivity index (χ3n) is 5.29. The number of nitrogens with one attached hydrogen (secondary N) is 2. The van der Waals surface area contributed by atoms with Crippen LogP contribution in [0, 0.1) is 0 Å². The summed E-state index contributed by atoms with van der Waals surface area (Å²) in [7, 11) is -0.713. The molecule has 0 saturated heterocycles. The second-order valence-electron chi connectivity index (χ2n) is 7.08. The van der Waals surface area contributed by atoms with E-state index in [9.17, 15) is 9.32 Å². The monoisotopic (exact) mass is 389 g/mol. The molecule has 5 nitrogen and oxygen atoms in total. The first-order valence-electron chi connectivity index (χ1n) is 9.78. The molecule has 2 aliphatic carbocycles. The Morgan fingerprint density at radius 2 is 2.12 bits per heavy atom. The van der Waals surface area contributed by atoms with Crippen LogP contribution in [0.1, 0.15) is 59.3 Å². The summed E-state index contributed by atoms with van der Waals surface area (Å²) in [5.74, 6) is 2.57. The van der Waals surface area contributed by atoms with Crippen molar-refractivity contribution >= 4 is 28.5 Å². The molecule has 0 heterocycles. The van der Waals surface area contributed by atoms with Gasteiger partial charge in [-0.15, -0.1) is 0 Å². The fourth-order valence-corrected chi connectivity index (χ4v) is 6.23. The highest BCUT2D eigenvalue weighted by Crippen LogP contribution is 2.41. The Bertz CT molecular complexity index is 475. The number of nitrogens with zero attached hydrogens (tertiary/aromatic N) is 1. The molecule has 0 aromatic carbocycles. The number of guanidine groups is 1. The highest BCUT2D eigenvalue weighted by atomic mass is 32.2. The van der Waals surface area contributed by atoms with E-state index in [2.05, 4.69) is 29.5 Å². The summed E-state index contributed by atoms with van der Waals surface area (Å²) in [6.45, 7) is 7.45. The molecule has 0 spiro atoms. The minimum absolute atomic E-state index is 0.306. The predicted octanol–water partition coefficient (Wildman–Crippen LogP) is 2.27. The van der Waals surface area contributed by atoms with Gasteiger partial charge in [-0.3, -0.25) is 9.20 Å². The molecule has 0 aromatic heterocycles. The van der Waals surface area contributed by atoms with Crippen LogP contribution in [0.5, 0.6) is 0 Å². The Balaban J connectivity index is 1.92. The van der Waals surface area contributed by atoms with Gasteiger partial charge in [-0.2, -0.15) is 11.8 Å². The summed E-state index contributed by atoms with van der Waals surface area (Å²) >= 11 is 1.84. The van der Waals surface area contributed by atoms with Crippen molar-refractivity contribution in [3.63, 3.8) is 0 Å². The fourth-order valence-electron chi connectivity index (χ4n) is 3.70. The van der Waals surface area contributed by atoms with Crippen LogP contribution < -0.4 is 10.6 Å². The van der Waals surface area contributed by atoms with Crippen molar-refractivity contribution in [2.24, 2.45) is 4.99 Å². The second-order valence-corrected chi connectivity index (χ2v) is 10.6. The summed E-state index contributed by atoms with van der Waals surface area (Å²) in [6.07, 6.45) is 6.16. The largest absolute Gasteiger partial charge is 0.387 e. The van der Waals surface area contributed by atoms with Crippen LogP contribution in [-0.2, 0) is 10.8 Å². The van der Waals surface area contributed by atoms with Crippen LogP contribution in [0.15, 0.2) is 4.99 Å². The first-order chi connectivity index (χ1) is 12.0. The molecule has 3 N–H and O–H groups in total. The van der Waals surface area contributed by atoms with E-state index in [0.29, 0.717) is 23.1 Å². The van der Waals surface area contributed by atoms with Gasteiger partial charge >= 0.3 is 0 Å². The van der Waals surface area contributed by atoms with E-state index in [0.717, 1.165) is 62.5 Å². The van der Waals surface area contributed by atoms with Crippen LogP contribution in [-0.4, -0.2) is 62.0 Å². The van der Waals surface area contributed by atoms with Crippen LogP contribution >= 0.6 is 11.8 Å². The van der Waals surface area contributed by atoms with Gasteiger partial charge in [0.05, 0.1) is 12.1 Å². The van der Waals surface area contributed by atoms with Gasteiger partial charge in [-0.25, -0.2) is 0 Å². The van der Waals surface area contributed by atoms with E-state index in [-0.39, 0.29) is 0 Å². The summed E-state index contributed by atoms with van der Waals surface area (Å²) in [5, 5.41) is 18.2. The minimum atomic E-state index is -0.713. The third-order valence-corrected chi connectivity index (χ3v) is 8.44. The van der Waals surface area contributed by atoms with Gasteiger partial charge in [0.2, 0.25) is 0 Å². The topological polar surface area (TPSA) is 73.7 Å². The average molecular weight is 390 g/mol. The van der Waals surface area contributed by atoms with Crippen molar-refractivity contribution in [3.05, 3.63) is 0 Å². The van der Waals surface area contributed by atoms with E-state index in [1.165, 1.54) is 0 Å². The van der Waals surface area contributed by atoms with Crippen LogP contribution in [0.3, 0.4) is 0 Å². The van der Waals surface area contributed by atoms with Crippen molar-refractivity contribution in [2.75, 3.05) is 24.6 Å². The number of hydrogen-bond donors (Lipinski definition) is 3. The number of aliphatic hydroxyl groups is 1. The van der Waals surface area contributed by atoms with E-state index in [4.69, 9.17) is 0 Å². The summed E-state index contributed by atoms with van der Waals surface area (Å²) in [4.78, 5) is 4.68. The molecule has 5 unspecified atom stereocenters. The molecule has 5 atom stereocenters. The zero-order valence-electron chi connectivity index (χ0n) is 15.9. The predicted molar refractivity (Wildman–Crippen MR) is 110 cm³/mol. The van der Waals surface area contributed by atoms with Crippen LogP contribution in [0.4, 0.5) is 0 Å². The molecule has 2 aliphatic rings. The van der Waals surface area contributed by atoms with Crippen molar-refractivity contribution in [1.29, 1.82) is 0 Å². The maximum Gasteiger partial charge on any atom is 0.191 e. The van der Waals surface area contributed by atoms with Gasteiger partial charge in [0.15, 0.2) is 5.96 Å². The van der Waals surface area contributed by atoms with Crippen LogP contribution in [0.2, 0.25) is 0 Å². The average Bonchev–Trinajstić information content (AvgIpc) is 2.62. The molecule has 2 saturated carbocycles. The molecular weight excluding hydrogens is 354 g/mol. The maximum atomic E-state index is 12.1. The highest BCUT2D eigenvalue weighted by molar-refractivity contribution is 8.00. The number of thioether (sulfide) groups is 1. The first-order valence-corrected chi connectivity index (χ1v) is 12.2. The van der Waals surface area contributed by atoms with E-state index in [1.54, 1.807) is 0 Å². The van der Waals surface area contributed by atoms with Gasteiger partial charge in [-0.1, -0.05) is 20.3 Å². The zero-order valence-corrected chi connectivity index (χ0v) is 17.6. The van der Waals surface area contributed by atoms with Crippen molar-refractivity contribution in [3.8, 4) is 0 Å². The molecule has 25 heavy (non-hydrogen) atoms. The quantitative estimate of drug-likeness (QED) is 0.439. The standard InChI is InChI=1S/C18H35N3O2S2/c1-4-19-17(20-13-18(22)11-10-16(18)24-5-2)21-14-8-7-9-15(12-14)25(23)6-3/h14-16,22H,4-13H2,1-3H3,(H2,19,20,21). The van der Waals surface area contributed by atoms with Gasteiger partial charge in [0.25, 0.3) is 0 Å². The lowest BCUT2D eigenvalue weighted by atomic mass is 9.79. The number of hydrogen-bond acceptors (Lipinski definition) is 4. The Labute approximate surface area is 159 Å². The molecule has 0 bridgehead atoms. The minimum Gasteiger partial charge on any atom is -0.387 e. The van der Waals surface area contributed by atoms with E-state index < -0.39 is 16.4 Å². The third kappa shape index (κ3) is 5.86. The molecule has 7 heteroatoms. The van der Waals surface area contributed by atoms with Crippen molar-refractivity contribution in [2.45, 2.75) is 81.4 Å². The van der Waals surface area contributed by atoms with Gasteiger partial charge in [-0.05, 0) is 44.8 Å². The molecular formula is C18H35N3O2S2. The Hall–Kier alpha value is -0.270. The van der Waals surface area contributed by atoms with Gasteiger partial charge < -0.3 is 15.7 Å². The Kier molecular flexibility index (Phi) is 8.55. The SMILES string of the molecule is CCNC(=NCC1(O)CCC1SCC)NC1CCCC(S(=O)CC)C1. The van der Waals surface area contributed by atoms with Crippen molar-refractivity contribution < 1.29 is 9.32 Å². The lowest BCUT2D eigenvalue weighted by Crippen LogP contribution is -2.53. The van der Waals surface area contributed by atoms with Crippen LogP contribution in [0.25, 0.3) is 0 Å². The van der Waals surface area contributed by atoms with E-state index in [1.807, 2.05) is 18.7 Å². The molecule has 2 fully saturated rings. The van der Waals surface area contributed by atoms with Crippen molar-refractivity contribution in [1.82, 2.24) is 10.6 Å². The normalized spacial score (nSPS) is 34.2. The lowest BCUT2D eigenvalue weighted by molar-refractivity contribution is -0.0154. The summed E-state index contributed by atoms with van der Waals surface area (Å²) in [5.41, 5.74) is -0.651. The maximum absolute atomic E-state index is 12.1. The number of rotatable bonds is 8. The molecule has 0 radical (unpaired) electrons. The molecule has 2 rings (SSSR count). The molecule has 146 valence electrons. The fraction of sp³-hybridized carbons (Fsp3) is 0.944.